The molecule has 0 fully saturated rings. The summed E-state index contributed by atoms with van der Waals surface area (Å²) in [6.45, 7) is 6.36. The molecule has 2 aromatic rings. The fourth-order valence-corrected chi connectivity index (χ4v) is 2.08. The van der Waals surface area contributed by atoms with Crippen LogP contribution in [-0.4, -0.2) is 0 Å². The minimum absolute atomic E-state index is 0.0404. The van der Waals surface area contributed by atoms with Gasteiger partial charge in [-0.05, 0) is 29.7 Å². The van der Waals surface area contributed by atoms with E-state index in [-0.39, 0.29) is 5.41 Å². The Hall–Kier alpha value is -2.78. The molecule has 0 radical (unpaired) electrons. The highest BCUT2D eigenvalue weighted by atomic mass is 16.5. The number of nitrogens with zero attached hydrogens (tertiary/aromatic N) is 2. The zero-order valence-electron chi connectivity index (χ0n) is 12.3. The molecule has 0 aliphatic heterocycles. The summed E-state index contributed by atoms with van der Waals surface area (Å²) < 4.78 is 5.92. The minimum atomic E-state index is -0.0404. The first kappa shape index (κ1) is 14.6. The van der Waals surface area contributed by atoms with Crippen molar-refractivity contribution in [2.45, 2.75) is 26.2 Å². The van der Waals surface area contributed by atoms with Crippen LogP contribution in [0.1, 0.15) is 37.5 Å². The quantitative estimate of drug-likeness (QED) is 0.810. The molecule has 0 heterocycles. The van der Waals surface area contributed by atoms with Crippen LogP contribution in [0.4, 0.5) is 0 Å². The maximum atomic E-state index is 9.07. The van der Waals surface area contributed by atoms with Crippen molar-refractivity contribution in [3.63, 3.8) is 0 Å². The number of benzene rings is 2. The van der Waals surface area contributed by atoms with Gasteiger partial charge in [0.1, 0.15) is 23.6 Å². The van der Waals surface area contributed by atoms with Crippen LogP contribution in [0, 0.1) is 22.7 Å². The maximum absolute atomic E-state index is 9.07. The van der Waals surface area contributed by atoms with E-state index in [9.17, 15) is 0 Å². The largest absolute Gasteiger partial charge is 0.457 e. The number of nitriles is 2. The van der Waals surface area contributed by atoms with E-state index in [1.807, 2.05) is 36.4 Å². The summed E-state index contributed by atoms with van der Waals surface area (Å²) in [4.78, 5) is 0. The van der Waals surface area contributed by atoms with Crippen LogP contribution in [0.25, 0.3) is 0 Å². The molecular weight excluding hydrogens is 260 g/mol. The van der Waals surface area contributed by atoms with E-state index in [2.05, 4.69) is 20.8 Å². The van der Waals surface area contributed by atoms with E-state index >= 15 is 0 Å². The zero-order valence-corrected chi connectivity index (χ0v) is 12.3. The lowest BCUT2D eigenvalue weighted by atomic mass is 9.86. The average Bonchev–Trinajstić information content (AvgIpc) is 2.46. The number of hydrogen-bond donors (Lipinski definition) is 0. The molecule has 0 bridgehead atoms. The lowest BCUT2D eigenvalue weighted by Crippen LogP contribution is -2.12. The third-order valence-corrected chi connectivity index (χ3v) is 3.15. The lowest BCUT2D eigenvalue weighted by molar-refractivity contribution is 0.455. The molecule has 3 nitrogen and oxygen atoms in total. The van der Waals surface area contributed by atoms with Gasteiger partial charge in [0.15, 0.2) is 0 Å². The van der Waals surface area contributed by atoms with E-state index in [0.717, 1.165) is 11.3 Å². The molecule has 2 rings (SSSR count). The normalized spacial score (nSPS) is 10.5. The molecule has 0 atom stereocenters. The van der Waals surface area contributed by atoms with E-state index in [1.165, 1.54) is 0 Å². The second-order valence-electron chi connectivity index (χ2n) is 5.78. The third-order valence-electron chi connectivity index (χ3n) is 3.15. The smallest absolute Gasteiger partial charge is 0.131 e. The van der Waals surface area contributed by atoms with E-state index in [0.29, 0.717) is 16.9 Å². The Labute approximate surface area is 125 Å². The molecule has 104 valence electrons. The highest BCUT2D eigenvalue weighted by Crippen LogP contribution is 2.34. The van der Waals surface area contributed by atoms with Crippen LogP contribution in [0.15, 0.2) is 42.5 Å². The summed E-state index contributed by atoms with van der Waals surface area (Å²) in [7, 11) is 0. The number of hydrogen-bond acceptors (Lipinski definition) is 3. The van der Waals surface area contributed by atoms with Crippen molar-refractivity contribution in [3.8, 4) is 23.6 Å². The van der Waals surface area contributed by atoms with Gasteiger partial charge in [-0.25, -0.2) is 0 Å². The van der Waals surface area contributed by atoms with Crippen LogP contribution < -0.4 is 4.74 Å². The van der Waals surface area contributed by atoms with Crippen LogP contribution in [0.5, 0.6) is 11.5 Å². The Bertz CT molecular complexity index is 743. The van der Waals surface area contributed by atoms with Crippen LogP contribution in [0.2, 0.25) is 0 Å². The Balaban J connectivity index is 2.41. The van der Waals surface area contributed by atoms with E-state index in [4.69, 9.17) is 15.3 Å². The molecule has 0 amide bonds. The van der Waals surface area contributed by atoms with Gasteiger partial charge in [-0.1, -0.05) is 39.0 Å². The van der Waals surface area contributed by atoms with E-state index in [1.54, 1.807) is 18.2 Å². The molecule has 0 aliphatic rings. The molecule has 3 heteroatoms. The first-order chi connectivity index (χ1) is 9.95. The summed E-state index contributed by atoms with van der Waals surface area (Å²) >= 11 is 0. The molecule has 0 saturated heterocycles. The standard InChI is InChI=1S/C18H16N2O/c1-18(2,3)16-6-4-5-7-17(16)21-15-9-8-13(11-19)14(10-15)12-20/h4-10H,1-3H3. The molecule has 21 heavy (non-hydrogen) atoms. The van der Waals surface area contributed by atoms with Gasteiger partial charge in [-0.15, -0.1) is 0 Å². The van der Waals surface area contributed by atoms with Gasteiger partial charge in [-0.2, -0.15) is 10.5 Å². The summed E-state index contributed by atoms with van der Waals surface area (Å²) in [5, 5.41) is 18.0. The van der Waals surface area contributed by atoms with Gasteiger partial charge in [0.2, 0.25) is 0 Å². The Morgan fingerprint density at radius 2 is 1.57 bits per heavy atom. The highest BCUT2D eigenvalue weighted by molar-refractivity contribution is 5.50. The first-order valence-electron chi connectivity index (χ1n) is 6.67. The maximum Gasteiger partial charge on any atom is 0.131 e. The molecule has 0 N–H and O–H groups in total. The summed E-state index contributed by atoms with van der Waals surface area (Å²) in [5.41, 5.74) is 1.73. The molecule has 0 unspecified atom stereocenters. The average molecular weight is 276 g/mol. The van der Waals surface area contributed by atoms with Crippen molar-refractivity contribution >= 4 is 0 Å². The van der Waals surface area contributed by atoms with Gasteiger partial charge in [0.25, 0.3) is 0 Å². The summed E-state index contributed by atoms with van der Waals surface area (Å²) in [5.74, 6) is 1.32. The minimum Gasteiger partial charge on any atom is -0.457 e. The van der Waals surface area contributed by atoms with Gasteiger partial charge in [-0.3, -0.25) is 0 Å². The van der Waals surface area contributed by atoms with Gasteiger partial charge < -0.3 is 4.74 Å². The van der Waals surface area contributed by atoms with Crippen LogP contribution >= 0.6 is 0 Å². The molecule has 0 aromatic heterocycles. The van der Waals surface area contributed by atoms with Crippen molar-refractivity contribution in [3.05, 3.63) is 59.2 Å². The van der Waals surface area contributed by atoms with Gasteiger partial charge in [0.05, 0.1) is 11.1 Å². The van der Waals surface area contributed by atoms with E-state index < -0.39 is 0 Å². The Morgan fingerprint density at radius 3 is 2.19 bits per heavy atom. The van der Waals surface area contributed by atoms with Crippen molar-refractivity contribution < 1.29 is 4.74 Å². The lowest BCUT2D eigenvalue weighted by Gasteiger charge is -2.22. The molecular formula is C18H16N2O. The van der Waals surface area contributed by atoms with Crippen molar-refractivity contribution in [1.82, 2.24) is 0 Å². The summed E-state index contributed by atoms with van der Waals surface area (Å²) in [6.07, 6.45) is 0. The fourth-order valence-electron chi connectivity index (χ4n) is 2.08. The number of rotatable bonds is 2. The number of ether oxygens (including phenoxy) is 1. The summed E-state index contributed by atoms with van der Waals surface area (Å²) in [6, 6.07) is 16.8. The van der Waals surface area contributed by atoms with Crippen LogP contribution in [0.3, 0.4) is 0 Å². The first-order valence-corrected chi connectivity index (χ1v) is 6.67. The SMILES string of the molecule is CC(C)(C)c1ccccc1Oc1ccc(C#N)c(C#N)c1. The zero-order chi connectivity index (χ0) is 15.5. The van der Waals surface area contributed by atoms with Crippen molar-refractivity contribution in [2.75, 3.05) is 0 Å². The second-order valence-corrected chi connectivity index (χ2v) is 5.78. The predicted octanol–water partition coefficient (Wildman–Crippen LogP) is 4.52. The topological polar surface area (TPSA) is 56.8 Å². The highest BCUT2D eigenvalue weighted by Gasteiger charge is 2.19. The van der Waals surface area contributed by atoms with Crippen LogP contribution in [-0.2, 0) is 5.41 Å². The second kappa shape index (κ2) is 5.69. The van der Waals surface area contributed by atoms with Crippen molar-refractivity contribution in [1.29, 1.82) is 10.5 Å². The molecule has 0 saturated carbocycles. The molecule has 2 aromatic carbocycles. The molecule has 0 aliphatic carbocycles. The molecule has 0 spiro atoms. The van der Waals surface area contributed by atoms with Gasteiger partial charge >= 0.3 is 0 Å². The fraction of sp³-hybridized carbons (Fsp3) is 0.222. The van der Waals surface area contributed by atoms with Crippen molar-refractivity contribution in [2.24, 2.45) is 0 Å². The number of para-hydroxylation sites is 1. The monoisotopic (exact) mass is 276 g/mol. The third kappa shape index (κ3) is 3.22. The Morgan fingerprint density at radius 1 is 0.905 bits per heavy atom. The Kier molecular flexibility index (Phi) is 3.96. The van der Waals surface area contributed by atoms with Gasteiger partial charge in [0, 0.05) is 5.56 Å². The predicted molar refractivity (Wildman–Crippen MR) is 81.1 cm³/mol.